The van der Waals surface area contributed by atoms with E-state index in [-0.39, 0.29) is 0 Å². The molecule has 1 heterocycles. The number of thiophene rings is 1. The number of esters is 1. The highest BCUT2D eigenvalue weighted by Crippen LogP contribution is 2.24. The first-order chi connectivity index (χ1) is 9.09. The SMILES string of the molecule is Cc1ccccc1OC(=O)C(C(=O)O)c1ccsc1. The summed E-state index contributed by atoms with van der Waals surface area (Å²) >= 11 is 1.34. The molecule has 1 aromatic heterocycles. The van der Waals surface area contributed by atoms with Gasteiger partial charge in [0.05, 0.1) is 0 Å². The molecule has 1 atom stereocenters. The molecular weight excluding hydrogens is 264 g/mol. The van der Waals surface area contributed by atoms with Gasteiger partial charge in [-0.05, 0) is 40.9 Å². The van der Waals surface area contributed by atoms with Crippen molar-refractivity contribution in [3.8, 4) is 5.75 Å². The molecule has 1 unspecified atom stereocenters. The second-order valence-electron chi connectivity index (χ2n) is 4.01. The molecule has 0 bridgehead atoms. The number of ether oxygens (including phenoxy) is 1. The second kappa shape index (κ2) is 5.67. The molecule has 2 aromatic rings. The minimum absolute atomic E-state index is 0.383. The van der Waals surface area contributed by atoms with E-state index in [1.165, 1.54) is 11.3 Å². The van der Waals surface area contributed by atoms with Crippen molar-refractivity contribution in [2.45, 2.75) is 12.8 Å². The number of hydrogen-bond acceptors (Lipinski definition) is 4. The molecule has 5 heteroatoms. The minimum atomic E-state index is -1.29. The Bertz CT molecular complexity index is 589. The normalized spacial score (nSPS) is 11.8. The van der Waals surface area contributed by atoms with Crippen LogP contribution in [0.4, 0.5) is 0 Å². The summed E-state index contributed by atoms with van der Waals surface area (Å²) in [7, 11) is 0. The summed E-state index contributed by atoms with van der Waals surface area (Å²) in [6.07, 6.45) is 0. The van der Waals surface area contributed by atoms with Crippen LogP contribution in [0.1, 0.15) is 17.0 Å². The van der Waals surface area contributed by atoms with Gasteiger partial charge in [-0.15, -0.1) is 0 Å². The second-order valence-corrected chi connectivity index (χ2v) is 4.79. The van der Waals surface area contributed by atoms with Gasteiger partial charge in [0, 0.05) is 0 Å². The van der Waals surface area contributed by atoms with Gasteiger partial charge in [-0.2, -0.15) is 11.3 Å². The summed E-state index contributed by atoms with van der Waals surface area (Å²) in [6, 6.07) is 8.60. The van der Waals surface area contributed by atoms with Crippen LogP contribution in [0.2, 0.25) is 0 Å². The maximum atomic E-state index is 12.0. The van der Waals surface area contributed by atoms with Crippen molar-refractivity contribution in [2.75, 3.05) is 0 Å². The third-order valence-corrected chi connectivity index (χ3v) is 3.36. The number of rotatable bonds is 4. The zero-order valence-electron chi connectivity index (χ0n) is 10.2. The van der Waals surface area contributed by atoms with Gasteiger partial charge < -0.3 is 9.84 Å². The zero-order valence-corrected chi connectivity index (χ0v) is 11.0. The predicted octanol–water partition coefficient (Wildman–Crippen LogP) is 2.83. The highest BCUT2D eigenvalue weighted by Gasteiger charge is 2.30. The molecule has 0 fully saturated rings. The van der Waals surface area contributed by atoms with E-state index in [0.717, 1.165) is 5.56 Å². The van der Waals surface area contributed by atoms with E-state index in [2.05, 4.69) is 0 Å². The molecule has 0 saturated carbocycles. The molecule has 4 nitrogen and oxygen atoms in total. The monoisotopic (exact) mass is 276 g/mol. The maximum absolute atomic E-state index is 12.0. The maximum Gasteiger partial charge on any atom is 0.330 e. The summed E-state index contributed by atoms with van der Waals surface area (Å²) < 4.78 is 5.18. The number of carbonyl (C=O) groups is 2. The lowest BCUT2D eigenvalue weighted by atomic mass is 10.0. The number of carboxylic acid groups (broad SMARTS) is 1. The van der Waals surface area contributed by atoms with E-state index in [1.807, 2.05) is 6.07 Å². The standard InChI is InChI=1S/C14H12O4S/c1-9-4-2-3-5-11(9)18-14(17)12(13(15)16)10-6-7-19-8-10/h2-8,12H,1H3,(H,15,16). The van der Waals surface area contributed by atoms with Gasteiger partial charge in [0.15, 0.2) is 5.92 Å². The Balaban J connectivity index is 2.22. The van der Waals surface area contributed by atoms with Crippen molar-refractivity contribution in [3.63, 3.8) is 0 Å². The third kappa shape index (κ3) is 3.00. The molecule has 19 heavy (non-hydrogen) atoms. The molecular formula is C14H12O4S. The van der Waals surface area contributed by atoms with Crippen LogP contribution < -0.4 is 4.74 Å². The van der Waals surface area contributed by atoms with Gasteiger partial charge in [0.1, 0.15) is 5.75 Å². The molecule has 1 aromatic carbocycles. The van der Waals surface area contributed by atoms with Gasteiger partial charge in [-0.25, -0.2) is 0 Å². The van der Waals surface area contributed by atoms with Crippen LogP contribution in [0.15, 0.2) is 41.1 Å². The summed E-state index contributed by atoms with van der Waals surface area (Å²) in [5.41, 5.74) is 1.22. The number of carbonyl (C=O) groups excluding carboxylic acids is 1. The minimum Gasteiger partial charge on any atom is -0.480 e. The topological polar surface area (TPSA) is 63.6 Å². The molecule has 0 spiro atoms. The van der Waals surface area contributed by atoms with Gasteiger partial charge in [-0.1, -0.05) is 18.2 Å². The van der Waals surface area contributed by atoms with Crippen LogP contribution in [0, 0.1) is 6.92 Å². The summed E-state index contributed by atoms with van der Waals surface area (Å²) in [4.78, 5) is 23.2. The van der Waals surface area contributed by atoms with Crippen molar-refractivity contribution in [3.05, 3.63) is 52.2 Å². The third-order valence-electron chi connectivity index (χ3n) is 2.66. The van der Waals surface area contributed by atoms with Gasteiger partial charge in [-0.3, -0.25) is 9.59 Å². The van der Waals surface area contributed by atoms with Crippen molar-refractivity contribution < 1.29 is 19.4 Å². The number of aliphatic carboxylic acids is 1. The van der Waals surface area contributed by atoms with Gasteiger partial charge in [0.25, 0.3) is 0 Å². The smallest absolute Gasteiger partial charge is 0.330 e. The van der Waals surface area contributed by atoms with E-state index < -0.39 is 17.9 Å². The fourth-order valence-corrected chi connectivity index (χ4v) is 2.34. The predicted molar refractivity (Wildman–Crippen MR) is 71.5 cm³/mol. The molecule has 0 saturated heterocycles. The van der Waals surface area contributed by atoms with Crippen molar-refractivity contribution in [1.82, 2.24) is 0 Å². The number of para-hydroxylation sites is 1. The van der Waals surface area contributed by atoms with Crippen molar-refractivity contribution in [1.29, 1.82) is 0 Å². The van der Waals surface area contributed by atoms with Crippen molar-refractivity contribution in [2.24, 2.45) is 0 Å². The van der Waals surface area contributed by atoms with Crippen LogP contribution in [0.25, 0.3) is 0 Å². The quantitative estimate of drug-likeness (QED) is 0.530. The Morgan fingerprint density at radius 1 is 1.26 bits per heavy atom. The van der Waals surface area contributed by atoms with Crippen molar-refractivity contribution >= 4 is 23.3 Å². The van der Waals surface area contributed by atoms with Crippen LogP contribution in [-0.4, -0.2) is 17.0 Å². The number of aryl methyl sites for hydroxylation is 1. The Kier molecular flexibility index (Phi) is 3.97. The number of benzene rings is 1. The lowest BCUT2D eigenvalue weighted by molar-refractivity contribution is -0.148. The Hall–Kier alpha value is -2.14. The Morgan fingerprint density at radius 3 is 2.58 bits per heavy atom. The highest BCUT2D eigenvalue weighted by molar-refractivity contribution is 7.08. The lowest BCUT2D eigenvalue weighted by Crippen LogP contribution is -2.25. The van der Waals surface area contributed by atoms with E-state index >= 15 is 0 Å². The Labute approximate surface area is 114 Å². The molecule has 98 valence electrons. The van der Waals surface area contributed by atoms with Crippen LogP contribution in [0.5, 0.6) is 5.75 Å². The molecule has 0 aliphatic rings. The Morgan fingerprint density at radius 2 is 2.00 bits per heavy atom. The first-order valence-electron chi connectivity index (χ1n) is 5.62. The lowest BCUT2D eigenvalue weighted by Gasteiger charge is -2.12. The van der Waals surface area contributed by atoms with E-state index in [4.69, 9.17) is 9.84 Å². The highest BCUT2D eigenvalue weighted by atomic mass is 32.1. The molecule has 2 rings (SSSR count). The first-order valence-corrected chi connectivity index (χ1v) is 6.56. The van der Waals surface area contributed by atoms with Crippen LogP contribution >= 0.6 is 11.3 Å². The number of carboxylic acids is 1. The largest absolute Gasteiger partial charge is 0.480 e. The fourth-order valence-electron chi connectivity index (χ4n) is 1.66. The zero-order chi connectivity index (χ0) is 13.8. The molecule has 0 aliphatic carbocycles. The van der Waals surface area contributed by atoms with E-state index in [1.54, 1.807) is 41.9 Å². The molecule has 0 radical (unpaired) electrons. The van der Waals surface area contributed by atoms with Gasteiger partial charge in [0.2, 0.25) is 0 Å². The summed E-state index contributed by atoms with van der Waals surface area (Å²) in [5.74, 6) is -2.89. The fraction of sp³-hybridized carbons (Fsp3) is 0.143. The molecule has 0 aliphatic heterocycles. The van der Waals surface area contributed by atoms with E-state index in [0.29, 0.717) is 11.3 Å². The average molecular weight is 276 g/mol. The van der Waals surface area contributed by atoms with Crippen LogP contribution in [-0.2, 0) is 9.59 Å². The van der Waals surface area contributed by atoms with E-state index in [9.17, 15) is 9.59 Å². The molecule has 0 amide bonds. The van der Waals surface area contributed by atoms with Gasteiger partial charge >= 0.3 is 11.9 Å². The molecule has 1 N–H and O–H groups in total. The average Bonchev–Trinajstić information content (AvgIpc) is 2.85. The van der Waals surface area contributed by atoms with Crippen LogP contribution in [0.3, 0.4) is 0 Å². The summed E-state index contributed by atoms with van der Waals surface area (Å²) in [6.45, 7) is 1.79. The first kappa shape index (κ1) is 13.3. The number of hydrogen-bond donors (Lipinski definition) is 1. The summed E-state index contributed by atoms with van der Waals surface area (Å²) in [5, 5.41) is 12.5.